The molecule has 0 aliphatic rings. The number of nitrogens with one attached hydrogen (secondary N) is 1. The van der Waals surface area contributed by atoms with Crippen LogP contribution in [0.5, 0.6) is 0 Å². The topological polar surface area (TPSA) is 49.4 Å². The molecule has 184 valence electrons. The lowest BCUT2D eigenvalue weighted by Gasteiger charge is -2.32. The molecule has 0 spiro atoms. The van der Waals surface area contributed by atoms with Crippen LogP contribution in [-0.4, -0.2) is 28.8 Å². The predicted octanol–water partition coefficient (Wildman–Crippen LogP) is 6.40. The van der Waals surface area contributed by atoms with Gasteiger partial charge in [0.1, 0.15) is 6.04 Å². The summed E-state index contributed by atoms with van der Waals surface area (Å²) in [7, 11) is 0. The minimum Gasteiger partial charge on any atom is -0.352 e. The second kappa shape index (κ2) is 12.8. The van der Waals surface area contributed by atoms with Crippen molar-refractivity contribution in [3.63, 3.8) is 0 Å². The van der Waals surface area contributed by atoms with Gasteiger partial charge < -0.3 is 10.2 Å². The van der Waals surface area contributed by atoms with E-state index in [-0.39, 0.29) is 30.8 Å². The van der Waals surface area contributed by atoms with Gasteiger partial charge >= 0.3 is 0 Å². The molecule has 0 unspecified atom stereocenters. The Morgan fingerprint density at radius 1 is 0.914 bits per heavy atom. The lowest BCUT2D eigenvalue weighted by molar-refractivity contribution is -0.141. The summed E-state index contributed by atoms with van der Waals surface area (Å²) in [5, 5.41) is 3.95. The number of hydrogen-bond acceptors (Lipinski definition) is 2. The highest BCUT2D eigenvalue weighted by Crippen LogP contribution is 2.25. The number of benzene rings is 3. The summed E-state index contributed by atoms with van der Waals surface area (Å²) >= 11 is 12.4. The van der Waals surface area contributed by atoms with Crippen LogP contribution in [-0.2, 0) is 29.0 Å². The second-order valence-electron chi connectivity index (χ2n) is 8.90. The van der Waals surface area contributed by atoms with Gasteiger partial charge in [0.25, 0.3) is 0 Å². The van der Waals surface area contributed by atoms with Crippen molar-refractivity contribution in [1.82, 2.24) is 10.2 Å². The van der Waals surface area contributed by atoms with Crippen molar-refractivity contribution in [3.8, 4) is 0 Å². The van der Waals surface area contributed by atoms with E-state index >= 15 is 0 Å². The molecule has 4 nitrogen and oxygen atoms in total. The van der Waals surface area contributed by atoms with Gasteiger partial charge in [0, 0.05) is 19.0 Å². The Labute approximate surface area is 218 Å². The molecule has 3 aromatic carbocycles. The van der Waals surface area contributed by atoms with Gasteiger partial charge in [-0.05, 0) is 54.7 Å². The zero-order valence-corrected chi connectivity index (χ0v) is 21.9. The Morgan fingerprint density at radius 3 is 2.26 bits per heavy atom. The summed E-state index contributed by atoms with van der Waals surface area (Å²) in [6.07, 6.45) is 1.41. The number of rotatable bonds is 10. The standard InChI is InChI=1S/C29H32Cl2N2O2/c1-4-21(3)32-29(35)27(17-22-11-6-5-7-12-22)33(19-23-14-15-25(30)26(31)16-23)28(34)18-24-13-9-8-10-20(24)2/h5-16,21,27H,4,17-19H2,1-3H3,(H,32,35)/t21-,27-/m1/s1. The molecule has 1 N–H and O–H groups in total. The Hall–Kier alpha value is -2.82. The largest absolute Gasteiger partial charge is 0.352 e. The van der Waals surface area contributed by atoms with Crippen LogP contribution in [0.4, 0.5) is 0 Å². The van der Waals surface area contributed by atoms with Gasteiger partial charge in [-0.1, -0.05) is 90.8 Å². The van der Waals surface area contributed by atoms with Gasteiger partial charge in [0.05, 0.1) is 16.5 Å². The molecule has 6 heteroatoms. The molecule has 0 saturated heterocycles. The lowest BCUT2D eigenvalue weighted by atomic mass is 10.00. The first kappa shape index (κ1) is 26.8. The monoisotopic (exact) mass is 510 g/mol. The van der Waals surface area contributed by atoms with Gasteiger partial charge in [0.2, 0.25) is 11.8 Å². The molecule has 0 heterocycles. The first-order valence-corrected chi connectivity index (χ1v) is 12.7. The quantitative estimate of drug-likeness (QED) is 0.343. The minimum absolute atomic E-state index is 0.000862. The first-order chi connectivity index (χ1) is 16.8. The average Bonchev–Trinajstić information content (AvgIpc) is 2.85. The number of halogens is 2. The summed E-state index contributed by atoms with van der Waals surface area (Å²) in [6, 6.07) is 22.2. The molecule has 0 radical (unpaired) electrons. The van der Waals surface area contributed by atoms with Gasteiger partial charge in [-0.2, -0.15) is 0 Å². The van der Waals surface area contributed by atoms with Crippen molar-refractivity contribution >= 4 is 35.0 Å². The van der Waals surface area contributed by atoms with Gasteiger partial charge in [-0.25, -0.2) is 0 Å². The third kappa shape index (κ3) is 7.58. The fraction of sp³-hybridized carbons (Fsp3) is 0.310. The fourth-order valence-corrected chi connectivity index (χ4v) is 4.22. The molecule has 0 aliphatic heterocycles. The van der Waals surface area contributed by atoms with Gasteiger partial charge in [-0.3, -0.25) is 9.59 Å². The molecular formula is C29H32Cl2N2O2. The van der Waals surface area contributed by atoms with Crippen molar-refractivity contribution in [2.45, 2.75) is 58.7 Å². The van der Waals surface area contributed by atoms with E-state index in [1.165, 1.54) is 0 Å². The van der Waals surface area contributed by atoms with Crippen LogP contribution < -0.4 is 5.32 Å². The maximum absolute atomic E-state index is 13.8. The molecule has 0 aliphatic carbocycles. The summed E-state index contributed by atoms with van der Waals surface area (Å²) < 4.78 is 0. The van der Waals surface area contributed by atoms with Crippen LogP contribution in [0, 0.1) is 6.92 Å². The van der Waals surface area contributed by atoms with Crippen LogP contribution >= 0.6 is 23.2 Å². The second-order valence-corrected chi connectivity index (χ2v) is 9.71. The van der Waals surface area contributed by atoms with Crippen LogP contribution in [0.3, 0.4) is 0 Å². The van der Waals surface area contributed by atoms with Crippen molar-refractivity contribution in [2.24, 2.45) is 0 Å². The normalized spacial score (nSPS) is 12.6. The Kier molecular flexibility index (Phi) is 9.76. The van der Waals surface area contributed by atoms with E-state index in [0.29, 0.717) is 16.5 Å². The van der Waals surface area contributed by atoms with Gasteiger partial charge in [-0.15, -0.1) is 0 Å². The van der Waals surface area contributed by atoms with E-state index in [1.807, 2.05) is 81.4 Å². The summed E-state index contributed by atoms with van der Waals surface area (Å²) in [4.78, 5) is 29.0. The molecule has 0 saturated carbocycles. The SMILES string of the molecule is CC[C@@H](C)NC(=O)[C@@H](Cc1ccccc1)N(Cc1ccc(Cl)c(Cl)c1)C(=O)Cc1ccccc1C. The average molecular weight is 511 g/mol. The molecule has 2 amide bonds. The molecule has 35 heavy (non-hydrogen) atoms. The zero-order valence-electron chi connectivity index (χ0n) is 20.4. The van der Waals surface area contributed by atoms with Crippen LogP contribution in [0.25, 0.3) is 0 Å². The Bertz CT molecular complexity index is 1150. The minimum atomic E-state index is -0.683. The lowest BCUT2D eigenvalue weighted by Crippen LogP contribution is -2.52. The van der Waals surface area contributed by atoms with Crippen LogP contribution in [0.15, 0.2) is 72.8 Å². The highest BCUT2D eigenvalue weighted by molar-refractivity contribution is 6.42. The van der Waals surface area contributed by atoms with Crippen LogP contribution in [0.1, 0.15) is 42.5 Å². The summed E-state index contributed by atoms with van der Waals surface area (Å²) in [5.41, 5.74) is 3.78. The van der Waals surface area contributed by atoms with Crippen molar-refractivity contribution in [1.29, 1.82) is 0 Å². The molecule has 0 bridgehead atoms. The van der Waals surface area contributed by atoms with Crippen LogP contribution in [0.2, 0.25) is 10.0 Å². The maximum atomic E-state index is 13.8. The number of amides is 2. The van der Waals surface area contributed by atoms with E-state index in [0.717, 1.165) is 28.7 Å². The van der Waals surface area contributed by atoms with E-state index in [4.69, 9.17) is 23.2 Å². The smallest absolute Gasteiger partial charge is 0.243 e. The zero-order chi connectivity index (χ0) is 25.4. The molecule has 2 atom stereocenters. The Balaban J connectivity index is 2.00. The first-order valence-electron chi connectivity index (χ1n) is 11.9. The van der Waals surface area contributed by atoms with E-state index < -0.39 is 6.04 Å². The number of carbonyl (C=O) groups excluding carboxylic acids is 2. The third-order valence-electron chi connectivity index (χ3n) is 6.21. The molecule has 0 aromatic heterocycles. The maximum Gasteiger partial charge on any atom is 0.243 e. The van der Waals surface area contributed by atoms with Gasteiger partial charge in [0.15, 0.2) is 0 Å². The van der Waals surface area contributed by atoms with Crippen molar-refractivity contribution in [3.05, 3.63) is 105 Å². The Morgan fingerprint density at radius 2 is 1.60 bits per heavy atom. The van der Waals surface area contributed by atoms with Crippen molar-refractivity contribution < 1.29 is 9.59 Å². The molecule has 0 fully saturated rings. The van der Waals surface area contributed by atoms with E-state index in [2.05, 4.69) is 5.32 Å². The predicted molar refractivity (Wildman–Crippen MR) is 144 cm³/mol. The highest BCUT2D eigenvalue weighted by Gasteiger charge is 2.31. The highest BCUT2D eigenvalue weighted by atomic mass is 35.5. The molecular weight excluding hydrogens is 479 g/mol. The molecule has 3 rings (SSSR count). The molecule has 3 aromatic rings. The van der Waals surface area contributed by atoms with Crippen molar-refractivity contribution in [2.75, 3.05) is 0 Å². The number of hydrogen-bond donors (Lipinski definition) is 1. The van der Waals surface area contributed by atoms with E-state index in [9.17, 15) is 9.59 Å². The summed E-state index contributed by atoms with van der Waals surface area (Å²) in [6.45, 7) is 6.22. The number of carbonyl (C=O) groups is 2. The third-order valence-corrected chi connectivity index (χ3v) is 6.95. The van der Waals surface area contributed by atoms with E-state index in [1.54, 1.807) is 17.0 Å². The fourth-order valence-electron chi connectivity index (χ4n) is 3.90. The summed E-state index contributed by atoms with van der Waals surface area (Å²) in [5.74, 6) is -0.285. The number of nitrogens with zero attached hydrogens (tertiary/aromatic N) is 1. The number of aryl methyl sites for hydroxylation is 1.